The van der Waals surface area contributed by atoms with Crippen LogP contribution in [0.25, 0.3) is 22.4 Å². The van der Waals surface area contributed by atoms with Crippen LogP contribution >= 0.6 is 46.1 Å². The van der Waals surface area contributed by atoms with Gasteiger partial charge in [-0.25, -0.2) is 0 Å². The Hall–Kier alpha value is -1.20. The largest absolute Gasteiger partial charge is 0.383 e. The average molecular weight is 359 g/mol. The van der Waals surface area contributed by atoms with E-state index in [1.54, 1.807) is 17.8 Å². The minimum atomic E-state index is 0.547. The molecule has 0 aliphatic rings. The Labute approximate surface area is 140 Å². The van der Waals surface area contributed by atoms with Gasteiger partial charge in [0.05, 0.1) is 9.90 Å². The zero-order valence-electron chi connectivity index (χ0n) is 10.9. The second kappa shape index (κ2) is 5.54. The lowest BCUT2D eigenvalue weighted by Gasteiger charge is -2.04. The molecule has 0 amide bonds. The monoisotopic (exact) mass is 357 g/mol. The molecule has 3 aromatic rings. The van der Waals surface area contributed by atoms with Crippen molar-refractivity contribution in [3.63, 3.8) is 0 Å². The highest BCUT2D eigenvalue weighted by molar-refractivity contribution is 7.20. The van der Waals surface area contributed by atoms with Crippen molar-refractivity contribution >= 4 is 52.0 Å². The number of halogens is 3. The summed E-state index contributed by atoms with van der Waals surface area (Å²) in [6.07, 6.45) is 0. The van der Waals surface area contributed by atoms with Crippen LogP contribution in [0.3, 0.4) is 0 Å². The number of hydrogen-bond donors (Lipinski definition) is 1. The third-order valence-corrected chi connectivity index (χ3v) is 4.84. The smallest absolute Gasteiger partial charge is 0.129 e. The van der Waals surface area contributed by atoms with E-state index >= 15 is 0 Å². The van der Waals surface area contributed by atoms with Crippen molar-refractivity contribution in [3.05, 3.63) is 44.0 Å². The van der Waals surface area contributed by atoms with Crippen molar-refractivity contribution in [3.8, 4) is 22.4 Å². The molecule has 2 aromatic heterocycles. The minimum Gasteiger partial charge on any atom is -0.383 e. The summed E-state index contributed by atoms with van der Waals surface area (Å²) in [6.45, 7) is 0. The van der Waals surface area contributed by atoms with E-state index in [1.165, 1.54) is 11.3 Å². The van der Waals surface area contributed by atoms with Gasteiger partial charge in [-0.3, -0.25) is 4.68 Å². The second-order valence-corrected chi connectivity index (χ2v) is 7.20. The summed E-state index contributed by atoms with van der Waals surface area (Å²) in [6, 6.07) is 9.26. The lowest BCUT2D eigenvalue weighted by atomic mass is 10.0. The zero-order chi connectivity index (χ0) is 15.1. The number of rotatable bonds is 2. The van der Waals surface area contributed by atoms with Crippen molar-refractivity contribution in [1.29, 1.82) is 0 Å². The van der Waals surface area contributed by atoms with Gasteiger partial charge in [-0.2, -0.15) is 5.10 Å². The topological polar surface area (TPSA) is 43.8 Å². The lowest BCUT2D eigenvalue weighted by molar-refractivity contribution is 0.782. The third kappa shape index (κ3) is 2.64. The maximum absolute atomic E-state index is 6.25. The first-order valence-corrected chi connectivity index (χ1v) is 7.96. The van der Waals surface area contributed by atoms with E-state index in [2.05, 4.69) is 5.10 Å². The quantitative estimate of drug-likeness (QED) is 0.670. The molecule has 0 radical (unpaired) electrons. The second-order valence-electron chi connectivity index (χ2n) is 4.48. The summed E-state index contributed by atoms with van der Waals surface area (Å²) in [7, 11) is 1.79. The van der Waals surface area contributed by atoms with Gasteiger partial charge in [-0.1, -0.05) is 46.9 Å². The summed E-state index contributed by atoms with van der Waals surface area (Å²) >= 11 is 19.7. The lowest BCUT2D eigenvalue weighted by Crippen LogP contribution is -1.97. The molecule has 3 nitrogen and oxygen atoms in total. The molecule has 0 spiro atoms. The Kier molecular flexibility index (Phi) is 3.88. The fourth-order valence-electron chi connectivity index (χ4n) is 2.16. The van der Waals surface area contributed by atoms with Gasteiger partial charge in [0.2, 0.25) is 0 Å². The molecule has 7 heteroatoms. The van der Waals surface area contributed by atoms with Gasteiger partial charge in [0.1, 0.15) is 15.8 Å². The Morgan fingerprint density at radius 3 is 2.57 bits per heavy atom. The van der Waals surface area contributed by atoms with Crippen LogP contribution in [0, 0.1) is 0 Å². The molecule has 0 aliphatic carbocycles. The molecule has 21 heavy (non-hydrogen) atoms. The van der Waals surface area contributed by atoms with E-state index in [9.17, 15) is 0 Å². The molecular formula is C14H10Cl3N3S. The van der Waals surface area contributed by atoms with Crippen molar-refractivity contribution in [2.24, 2.45) is 7.05 Å². The SMILES string of the molecule is Cn1nc(-c2cc(Cl)sc2Cl)c(-c2cccc(Cl)c2)c1N. The first kappa shape index (κ1) is 14.7. The molecular weight excluding hydrogens is 349 g/mol. The summed E-state index contributed by atoms with van der Waals surface area (Å²) in [4.78, 5) is 0. The van der Waals surface area contributed by atoms with E-state index in [4.69, 9.17) is 40.5 Å². The van der Waals surface area contributed by atoms with Crippen LogP contribution in [-0.4, -0.2) is 9.78 Å². The number of nitrogens with two attached hydrogens (primary N) is 1. The molecule has 108 valence electrons. The fraction of sp³-hybridized carbons (Fsp3) is 0.0714. The van der Waals surface area contributed by atoms with Crippen molar-refractivity contribution in [2.45, 2.75) is 0 Å². The Balaban J connectivity index is 2.28. The molecule has 1 aromatic carbocycles. The van der Waals surface area contributed by atoms with Gasteiger partial charge < -0.3 is 5.73 Å². The highest BCUT2D eigenvalue weighted by Crippen LogP contribution is 2.43. The minimum absolute atomic E-state index is 0.547. The van der Waals surface area contributed by atoms with Gasteiger partial charge in [-0.15, -0.1) is 11.3 Å². The number of benzene rings is 1. The van der Waals surface area contributed by atoms with Crippen LogP contribution in [-0.2, 0) is 7.05 Å². The molecule has 3 rings (SSSR count). The van der Waals surface area contributed by atoms with Crippen LogP contribution in [0.5, 0.6) is 0 Å². The molecule has 0 aliphatic heterocycles. The molecule has 2 heterocycles. The van der Waals surface area contributed by atoms with E-state index < -0.39 is 0 Å². The first-order valence-electron chi connectivity index (χ1n) is 6.01. The summed E-state index contributed by atoms with van der Waals surface area (Å²) in [5.41, 5.74) is 9.33. The number of nitrogen functional groups attached to an aromatic ring is 1. The van der Waals surface area contributed by atoms with Crippen molar-refractivity contribution < 1.29 is 0 Å². The maximum Gasteiger partial charge on any atom is 0.129 e. The predicted octanol–water partition coefficient (Wildman–Crippen LogP) is 5.36. The van der Waals surface area contributed by atoms with Gasteiger partial charge in [0.15, 0.2) is 0 Å². The Morgan fingerprint density at radius 2 is 1.95 bits per heavy atom. The van der Waals surface area contributed by atoms with Gasteiger partial charge in [0.25, 0.3) is 0 Å². The normalized spacial score (nSPS) is 11.0. The highest BCUT2D eigenvalue weighted by Gasteiger charge is 2.21. The van der Waals surface area contributed by atoms with Gasteiger partial charge >= 0.3 is 0 Å². The first-order chi connectivity index (χ1) is 9.97. The molecule has 2 N–H and O–H groups in total. The zero-order valence-corrected chi connectivity index (χ0v) is 14.0. The summed E-state index contributed by atoms with van der Waals surface area (Å²) < 4.78 is 2.81. The number of thiophene rings is 1. The summed E-state index contributed by atoms with van der Waals surface area (Å²) in [5, 5.41) is 5.11. The molecule has 0 fully saturated rings. The standard InChI is InChI=1S/C14H10Cl3N3S/c1-20-14(18)11(7-3-2-4-8(15)5-7)12(19-20)9-6-10(16)21-13(9)17/h2-6H,18H2,1H3. The van der Waals surface area contributed by atoms with E-state index in [0.29, 0.717) is 25.2 Å². The highest BCUT2D eigenvalue weighted by atomic mass is 35.5. The molecule has 0 bridgehead atoms. The predicted molar refractivity (Wildman–Crippen MR) is 91.4 cm³/mol. The third-order valence-electron chi connectivity index (χ3n) is 3.12. The van der Waals surface area contributed by atoms with Crippen LogP contribution < -0.4 is 5.73 Å². The maximum atomic E-state index is 6.25. The fourth-order valence-corrected chi connectivity index (χ4v) is 3.81. The van der Waals surface area contributed by atoms with E-state index in [-0.39, 0.29) is 0 Å². The van der Waals surface area contributed by atoms with Crippen molar-refractivity contribution in [1.82, 2.24) is 9.78 Å². The number of aromatic nitrogens is 2. The van der Waals surface area contributed by atoms with Crippen LogP contribution in [0.15, 0.2) is 30.3 Å². The Bertz CT molecular complexity index is 823. The van der Waals surface area contributed by atoms with Gasteiger partial charge in [-0.05, 0) is 23.8 Å². The Morgan fingerprint density at radius 1 is 1.19 bits per heavy atom. The van der Waals surface area contributed by atoms with Crippen molar-refractivity contribution in [2.75, 3.05) is 5.73 Å². The molecule has 0 atom stereocenters. The van der Waals surface area contributed by atoms with E-state index in [1.807, 2.05) is 24.3 Å². The number of anilines is 1. The number of hydrogen-bond acceptors (Lipinski definition) is 3. The van der Waals surface area contributed by atoms with Gasteiger partial charge in [0, 0.05) is 17.6 Å². The van der Waals surface area contributed by atoms with Crippen LogP contribution in [0.4, 0.5) is 5.82 Å². The van der Waals surface area contributed by atoms with Crippen LogP contribution in [0.1, 0.15) is 0 Å². The number of aryl methyl sites for hydroxylation is 1. The number of nitrogens with zero attached hydrogens (tertiary/aromatic N) is 2. The van der Waals surface area contributed by atoms with Crippen LogP contribution in [0.2, 0.25) is 13.7 Å². The summed E-state index contributed by atoms with van der Waals surface area (Å²) in [5.74, 6) is 0.547. The molecule has 0 saturated heterocycles. The molecule has 0 unspecified atom stereocenters. The molecule has 0 saturated carbocycles. The average Bonchev–Trinajstić information content (AvgIpc) is 2.90. The van der Waals surface area contributed by atoms with E-state index in [0.717, 1.165) is 16.7 Å².